The van der Waals surface area contributed by atoms with Gasteiger partial charge in [-0.1, -0.05) is 13.3 Å². The maximum Gasteiger partial charge on any atom is 0.154 e. The first-order valence-electron chi connectivity index (χ1n) is 4.30. The van der Waals surface area contributed by atoms with Crippen LogP contribution in [-0.4, -0.2) is 14.6 Å². The highest BCUT2D eigenvalue weighted by atomic mass is 79.9. The lowest BCUT2D eigenvalue weighted by molar-refractivity contribution is 0.802. The van der Waals surface area contributed by atoms with Crippen LogP contribution in [0.25, 0.3) is 5.65 Å². The number of rotatable bonds is 2. The third-order valence-corrected chi connectivity index (χ3v) is 2.42. The molecule has 3 nitrogen and oxygen atoms in total. The molecule has 0 saturated carbocycles. The van der Waals surface area contributed by atoms with Crippen LogP contribution in [0.5, 0.6) is 0 Å². The third kappa shape index (κ3) is 1.58. The van der Waals surface area contributed by atoms with Crippen LogP contribution in [0.1, 0.15) is 19.0 Å². The predicted octanol–water partition coefficient (Wildman–Crippen LogP) is 2.44. The second kappa shape index (κ2) is 3.46. The van der Waals surface area contributed by atoms with Gasteiger partial charge in [0, 0.05) is 0 Å². The van der Waals surface area contributed by atoms with Crippen LogP contribution in [0.3, 0.4) is 0 Å². The first kappa shape index (κ1) is 8.69. The summed E-state index contributed by atoms with van der Waals surface area (Å²) in [5.74, 6) is 0. The van der Waals surface area contributed by atoms with E-state index in [1.54, 1.807) is 6.20 Å². The van der Waals surface area contributed by atoms with Crippen molar-refractivity contribution < 1.29 is 0 Å². The summed E-state index contributed by atoms with van der Waals surface area (Å²) < 4.78 is 2.71. The van der Waals surface area contributed by atoms with Crippen molar-refractivity contribution in [3.8, 4) is 0 Å². The van der Waals surface area contributed by atoms with Crippen LogP contribution in [0.15, 0.2) is 22.9 Å². The number of aromatic nitrogens is 3. The maximum absolute atomic E-state index is 4.43. The van der Waals surface area contributed by atoms with Crippen molar-refractivity contribution in [3.05, 3.63) is 28.6 Å². The Labute approximate surface area is 84.9 Å². The van der Waals surface area contributed by atoms with E-state index in [0.29, 0.717) is 0 Å². The highest BCUT2D eigenvalue weighted by molar-refractivity contribution is 9.10. The van der Waals surface area contributed by atoms with Crippen molar-refractivity contribution in [1.29, 1.82) is 0 Å². The fraction of sp³-hybridized carbons (Fsp3) is 0.333. The quantitative estimate of drug-likeness (QED) is 0.806. The van der Waals surface area contributed by atoms with Crippen LogP contribution in [0.2, 0.25) is 0 Å². The lowest BCUT2D eigenvalue weighted by Crippen LogP contribution is -1.97. The van der Waals surface area contributed by atoms with Crippen molar-refractivity contribution in [3.63, 3.8) is 0 Å². The molecule has 2 aromatic rings. The van der Waals surface area contributed by atoms with Gasteiger partial charge in [0.25, 0.3) is 0 Å². The number of halogens is 1. The molecule has 0 spiro atoms. The minimum absolute atomic E-state index is 0.881. The van der Waals surface area contributed by atoms with Gasteiger partial charge in [0.1, 0.15) is 4.60 Å². The fourth-order valence-corrected chi connectivity index (χ4v) is 1.64. The molecule has 0 radical (unpaired) electrons. The summed E-state index contributed by atoms with van der Waals surface area (Å²) in [6.45, 7) is 2.15. The summed E-state index contributed by atoms with van der Waals surface area (Å²) >= 11 is 3.39. The molecule has 0 amide bonds. The molecule has 0 bridgehead atoms. The zero-order valence-corrected chi connectivity index (χ0v) is 8.95. The van der Waals surface area contributed by atoms with Crippen LogP contribution in [0, 0.1) is 0 Å². The second-order valence-corrected chi connectivity index (χ2v) is 3.74. The molecule has 0 N–H and O–H groups in total. The molecule has 2 heterocycles. The van der Waals surface area contributed by atoms with Crippen LogP contribution < -0.4 is 0 Å². The number of aryl methyl sites for hydroxylation is 1. The summed E-state index contributed by atoms with van der Waals surface area (Å²) in [5, 5.41) is 4.43. The SMILES string of the molecule is CCCc1ccc2ncc(Br)n2n1. The molecule has 0 aliphatic heterocycles. The van der Waals surface area contributed by atoms with Gasteiger partial charge in [0.15, 0.2) is 5.65 Å². The molecule has 0 saturated heterocycles. The predicted molar refractivity (Wildman–Crippen MR) is 54.7 cm³/mol. The summed E-state index contributed by atoms with van der Waals surface area (Å²) in [5.41, 5.74) is 1.99. The molecule has 0 fully saturated rings. The highest BCUT2D eigenvalue weighted by Crippen LogP contribution is 2.11. The summed E-state index contributed by atoms with van der Waals surface area (Å²) in [6.07, 6.45) is 3.89. The van der Waals surface area contributed by atoms with Gasteiger partial charge in [0.05, 0.1) is 11.9 Å². The number of nitrogens with zero attached hydrogens (tertiary/aromatic N) is 3. The Morgan fingerprint density at radius 1 is 1.46 bits per heavy atom. The highest BCUT2D eigenvalue weighted by Gasteiger charge is 2.01. The van der Waals surface area contributed by atoms with Gasteiger partial charge in [-0.3, -0.25) is 0 Å². The van der Waals surface area contributed by atoms with Crippen LogP contribution >= 0.6 is 15.9 Å². The first-order chi connectivity index (χ1) is 6.31. The first-order valence-corrected chi connectivity index (χ1v) is 5.09. The lowest BCUT2D eigenvalue weighted by Gasteiger charge is -1.98. The Hall–Kier alpha value is -0.900. The average molecular weight is 240 g/mol. The zero-order valence-electron chi connectivity index (χ0n) is 7.37. The fourth-order valence-electron chi connectivity index (χ4n) is 1.27. The number of hydrogen-bond acceptors (Lipinski definition) is 2. The van der Waals surface area contributed by atoms with Gasteiger partial charge in [-0.25, -0.2) is 9.50 Å². The molecule has 0 unspecified atom stereocenters. The van der Waals surface area contributed by atoms with E-state index >= 15 is 0 Å². The minimum atomic E-state index is 0.881. The Kier molecular flexibility index (Phi) is 2.31. The standard InChI is InChI=1S/C9H10BrN3/c1-2-3-7-4-5-9-11-6-8(10)13(9)12-7/h4-6H,2-3H2,1H3. The van der Waals surface area contributed by atoms with E-state index in [9.17, 15) is 0 Å². The smallest absolute Gasteiger partial charge is 0.154 e. The minimum Gasteiger partial charge on any atom is -0.234 e. The van der Waals surface area contributed by atoms with Crippen molar-refractivity contribution in [2.45, 2.75) is 19.8 Å². The van der Waals surface area contributed by atoms with E-state index in [0.717, 1.165) is 28.8 Å². The third-order valence-electron chi connectivity index (χ3n) is 1.88. The lowest BCUT2D eigenvalue weighted by atomic mass is 10.2. The largest absolute Gasteiger partial charge is 0.234 e. The molecular formula is C9H10BrN3. The van der Waals surface area contributed by atoms with Crippen molar-refractivity contribution in [2.75, 3.05) is 0 Å². The van der Waals surface area contributed by atoms with Gasteiger partial charge in [-0.15, -0.1) is 0 Å². The number of imidazole rings is 1. The molecule has 2 rings (SSSR count). The monoisotopic (exact) mass is 239 g/mol. The second-order valence-electron chi connectivity index (χ2n) is 2.93. The summed E-state index contributed by atoms with van der Waals surface area (Å²) in [7, 11) is 0. The molecular weight excluding hydrogens is 230 g/mol. The van der Waals surface area contributed by atoms with Crippen LogP contribution in [0.4, 0.5) is 0 Å². The Bertz CT molecular complexity index is 422. The number of hydrogen-bond donors (Lipinski definition) is 0. The Balaban J connectivity index is 2.53. The summed E-state index contributed by atoms with van der Waals surface area (Å²) in [6, 6.07) is 4.01. The van der Waals surface area contributed by atoms with Gasteiger partial charge < -0.3 is 0 Å². The van der Waals surface area contributed by atoms with E-state index in [2.05, 4.69) is 32.9 Å². The molecule has 68 valence electrons. The maximum atomic E-state index is 4.43. The molecule has 13 heavy (non-hydrogen) atoms. The van der Waals surface area contributed by atoms with Crippen LogP contribution in [-0.2, 0) is 6.42 Å². The van der Waals surface area contributed by atoms with Crippen molar-refractivity contribution in [2.24, 2.45) is 0 Å². The van der Waals surface area contributed by atoms with E-state index in [1.165, 1.54) is 0 Å². The van der Waals surface area contributed by atoms with Gasteiger partial charge in [-0.2, -0.15) is 5.10 Å². The number of fused-ring (bicyclic) bond motifs is 1. The van der Waals surface area contributed by atoms with Crippen molar-refractivity contribution in [1.82, 2.24) is 14.6 Å². The Morgan fingerprint density at radius 2 is 2.31 bits per heavy atom. The van der Waals surface area contributed by atoms with E-state index in [1.807, 2.05) is 16.6 Å². The van der Waals surface area contributed by atoms with E-state index < -0.39 is 0 Å². The zero-order chi connectivity index (χ0) is 9.26. The average Bonchev–Trinajstić information content (AvgIpc) is 2.49. The molecule has 0 aromatic carbocycles. The van der Waals surface area contributed by atoms with E-state index in [4.69, 9.17) is 0 Å². The van der Waals surface area contributed by atoms with Gasteiger partial charge in [0.2, 0.25) is 0 Å². The normalized spacial score (nSPS) is 10.9. The Morgan fingerprint density at radius 3 is 3.08 bits per heavy atom. The molecule has 0 aliphatic rings. The summed E-state index contributed by atoms with van der Waals surface area (Å²) in [4.78, 5) is 4.17. The van der Waals surface area contributed by atoms with E-state index in [-0.39, 0.29) is 0 Å². The molecule has 0 atom stereocenters. The molecule has 0 aliphatic carbocycles. The molecule has 2 aromatic heterocycles. The van der Waals surface area contributed by atoms with Gasteiger partial charge >= 0.3 is 0 Å². The van der Waals surface area contributed by atoms with Gasteiger partial charge in [-0.05, 0) is 34.5 Å². The van der Waals surface area contributed by atoms with Crippen molar-refractivity contribution >= 4 is 21.6 Å². The molecule has 4 heteroatoms. The topological polar surface area (TPSA) is 30.2 Å².